The zero-order valence-corrected chi connectivity index (χ0v) is 14.1. The minimum Gasteiger partial charge on any atom is -0.291 e. The topological polar surface area (TPSA) is 17.1 Å². The van der Waals surface area contributed by atoms with Crippen molar-refractivity contribution in [2.24, 2.45) is 0 Å². The molecule has 1 nitrogen and oxygen atoms in total. The largest absolute Gasteiger partial charge is 0.291 e. The van der Waals surface area contributed by atoms with Crippen molar-refractivity contribution in [1.29, 1.82) is 0 Å². The SMILES string of the molecule is CCCCCCCCC=CCC=CCCCCCC[C]=O. The van der Waals surface area contributed by atoms with Crippen LogP contribution in [0.5, 0.6) is 0 Å². The van der Waals surface area contributed by atoms with E-state index in [9.17, 15) is 4.79 Å². The maximum atomic E-state index is 10.0. The predicted molar refractivity (Wildman–Crippen MR) is 94.3 cm³/mol. The third kappa shape index (κ3) is 19.1. The molecule has 0 amide bonds. The Morgan fingerprint density at radius 3 is 1.76 bits per heavy atom. The number of hydrogen-bond donors (Lipinski definition) is 0. The number of allylic oxidation sites excluding steroid dienone is 4. The smallest absolute Gasteiger partial charge is 0.198 e. The summed E-state index contributed by atoms with van der Waals surface area (Å²) in [6.07, 6.45) is 28.2. The van der Waals surface area contributed by atoms with Crippen molar-refractivity contribution in [3.63, 3.8) is 0 Å². The lowest BCUT2D eigenvalue weighted by Gasteiger charge is -1.97. The Morgan fingerprint density at radius 2 is 1.19 bits per heavy atom. The molecule has 0 fully saturated rings. The predicted octanol–water partition coefficient (Wildman–Crippen LogP) is 6.69. The van der Waals surface area contributed by atoms with Gasteiger partial charge in [-0.1, -0.05) is 76.2 Å². The van der Waals surface area contributed by atoms with E-state index in [2.05, 4.69) is 31.2 Å². The van der Waals surface area contributed by atoms with Crippen molar-refractivity contribution < 1.29 is 4.79 Å². The molecule has 1 radical (unpaired) electrons. The van der Waals surface area contributed by atoms with E-state index in [0.717, 1.165) is 12.8 Å². The minimum absolute atomic E-state index is 0.610. The normalized spacial score (nSPS) is 11.7. The second-order valence-corrected chi connectivity index (χ2v) is 5.83. The first kappa shape index (κ1) is 20.1. The summed E-state index contributed by atoms with van der Waals surface area (Å²) >= 11 is 0. The van der Waals surface area contributed by atoms with Gasteiger partial charge in [0.05, 0.1) is 0 Å². The molecular formula is C20H35O. The molecule has 0 N–H and O–H groups in total. The molecular weight excluding hydrogens is 256 g/mol. The summed E-state index contributed by atoms with van der Waals surface area (Å²) in [5, 5.41) is 0. The molecule has 0 saturated carbocycles. The molecule has 0 aliphatic carbocycles. The van der Waals surface area contributed by atoms with Crippen LogP contribution in [0.25, 0.3) is 0 Å². The quantitative estimate of drug-likeness (QED) is 0.229. The van der Waals surface area contributed by atoms with E-state index in [1.807, 2.05) is 6.29 Å². The van der Waals surface area contributed by atoms with E-state index in [-0.39, 0.29) is 0 Å². The van der Waals surface area contributed by atoms with Crippen molar-refractivity contribution in [3.05, 3.63) is 24.3 Å². The van der Waals surface area contributed by atoms with Crippen LogP contribution in [-0.4, -0.2) is 6.29 Å². The van der Waals surface area contributed by atoms with E-state index in [4.69, 9.17) is 0 Å². The first-order valence-corrected chi connectivity index (χ1v) is 9.06. The fourth-order valence-corrected chi connectivity index (χ4v) is 2.36. The second kappa shape index (κ2) is 19.1. The number of hydrogen-bond acceptors (Lipinski definition) is 1. The summed E-state index contributed by atoms with van der Waals surface area (Å²) in [5.74, 6) is 0. The molecule has 121 valence electrons. The third-order valence-electron chi connectivity index (χ3n) is 3.73. The fraction of sp³-hybridized carbons (Fsp3) is 0.750. The van der Waals surface area contributed by atoms with Gasteiger partial charge in [0.15, 0.2) is 6.29 Å². The molecule has 0 heterocycles. The van der Waals surface area contributed by atoms with Crippen LogP contribution in [0.3, 0.4) is 0 Å². The van der Waals surface area contributed by atoms with Gasteiger partial charge in [0.1, 0.15) is 0 Å². The molecule has 0 aliphatic rings. The maximum Gasteiger partial charge on any atom is 0.198 e. The Balaban J connectivity index is 3.16. The van der Waals surface area contributed by atoms with Crippen molar-refractivity contribution in [2.75, 3.05) is 0 Å². The number of rotatable bonds is 16. The first-order valence-electron chi connectivity index (χ1n) is 9.06. The molecule has 0 unspecified atom stereocenters. The van der Waals surface area contributed by atoms with E-state index < -0.39 is 0 Å². The van der Waals surface area contributed by atoms with Crippen LogP contribution in [0.4, 0.5) is 0 Å². The molecule has 0 saturated heterocycles. The molecule has 0 bridgehead atoms. The summed E-state index contributed by atoms with van der Waals surface area (Å²) in [4.78, 5) is 10.0. The van der Waals surface area contributed by atoms with Crippen LogP contribution < -0.4 is 0 Å². The summed E-state index contributed by atoms with van der Waals surface area (Å²) < 4.78 is 0. The van der Waals surface area contributed by atoms with E-state index >= 15 is 0 Å². The van der Waals surface area contributed by atoms with Crippen molar-refractivity contribution in [1.82, 2.24) is 0 Å². The van der Waals surface area contributed by atoms with E-state index in [1.54, 1.807) is 0 Å². The van der Waals surface area contributed by atoms with Crippen molar-refractivity contribution >= 4 is 6.29 Å². The molecule has 0 aromatic rings. The highest BCUT2D eigenvalue weighted by Crippen LogP contribution is 2.08. The zero-order valence-electron chi connectivity index (χ0n) is 14.1. The van der Waals surface area contributed by atoms with Crippen LogP contribution >= 0.6 is 0 Å². The summed E-state index contributed by atoms with van der Waals surface area (Å²) in [7, 11) is 0. The first-order chi connectivity index (χ1) is 10.4. The van der Waals surface area contributed by atoms with Crippen molar-refractivity contribution in [2.45, 2.75) is 96.8 Å². The number of carbonyl (C=O) groups excluding carboxylic acids is 1. The lowest BCUT2D eigenvalue weighted by molar-refractivity contribution is 0.544. The Kier molecular flexibility index (Phi) is 18.4. The maximum absolute atomic E-state index is 10.0. The molecule has 0 spiro atoms. The van der Waals surface area contributed by atoms with Crippen LogP contribution in [-0.2, 0) is 4.79 Å². The lowest BCUT2D eigenvalue weighted by Crippen LogP contribution is -1.79. The second-order valence-electron chi connectivity index (χ2n) is 5.83. The molecule has 21 heavy (non-hydrogen) atoms. The molecule has 1 heteroatoms. The monoisotopic (exact) mass is 291 g/mol. The van der Waals surface area contributed by atoms with E-state index in [0.29, 0.717) is 6.42 Å². The molecule has 0 atom stereocenters. The van der Waals surface area contributed by atoms with Gasteiger partial charge in [0, 0.05) is 6.42 Å². The number of unbranched alkanes of at least 4 members (excludes halogenated alkanes) is 11. The van der Waals surface area contributed by atoms with Crippen LogP contribution in [0, 0.1) is 0 Å². The van der Waals surface area contributed by atoms with Gasteiger partial charge in [-0.3, -0.25) is 4.79 Å². The van der Waals surface area contributed by atoms with Gasteiger partial charge in [0.2, 0.25) is 0 Å². The lowest BCUT2D eigenvalue weighted by atomic mass is 10.1. The van der Waals surface area contributed by atoms with Gasteiger partial charge < -0.3 is 0 Å². The standard InChI is InChI=1S/C20H35O/c1-2-3-4-5-6-7-8-9-10-11-12-13-14-15-16-17-18-19-20-21/h9-10,12-13H,2-8,11,14-19H2,1H3. The van der Waals surface area contributed by atoms with Gasteiger partial charge in [0.25, 0.3) is 0 Å². The molecule has 0 aliphatic heterocycles. The Morgan fingerprint density at radius 1 is 0.667 bits per heavy atom. The molecule has 0 rings (SSSR count). The Hall–Kier alpha value is -0.850. The minimum atomic E-state index is 0.610. The summed E-state index contributed by atoms with van der Waals surface area (Å²) in [6, 6.07) is 0. The molecule has 0 aromatic heterocycles. The van der Waals surface area contributed by atoms with Crippen LogP contribution in [0.15, 0.2) is 24.3 Å². The summed E-state index contributed by atoms with van der Waals surface area (Å²) in [5.41, 5.74) is 0. The molecule has 0 aromatic carbocycles. The highest BCUT2D eigenvalue weighted by Gasteiger charge is 1.89. The highest BCUT2D eigenvalue weighted by molar-refractivity contribution is 5.50. The summed E-state index contributed by atoms with van der Waals surface area (Å²) in [6.45, 7) is 2.27. The third-order valence-corrected chi connectivity index (χ3v) is 3.73. The average Bonchev–Trinajstić information content (AvgIpc) is 2.50. The van der Waals surface area contributed by atoms with Gasteiger partial charge in [-0.25, -0.2) is 0 Å². The Bertz CT molecular complexity index is 253. The Labute approximate surface area is 132 Å². The van der Waals surface area contributed by atoms with Gasteiger partial charge >= 0.3 is 0 Å². The zero-order chi connectivity index (χ0) is 15.4. The van der Waals surface area contributed by atoms with Crippen molar-refractivity contribution in [3.8, 4) is 0 Å². The van der Waals surface area contributed by atoms with Crippen LogP contribution in [0.1, 0.15) is 96.8 Å². The highest BCUT2D eigenvalue weighted by atomic mass is 16.1. The van der Waals surface area contributed by atoms with Gasteiger partial charge in [-0.05, 0) is 38.5 Å². The van der Waals surface area contributed by atoms with Gasteiger partial charge in [-0.15, -0.1) is 0 Å². The fourth-order valence-electron chi connectivity index (χ4n) is 2.36. The van der Waals surface area contributed by atoms with E-state index in [1.165, 1.54) is 70.6 Å². The average molecular weight is 291 g/mol. The van der Waals surface area contributed by atoms with Gasteiger partial charge in [-0.2, -0.15) is 0 Å². The van der Waals surface area contributed by atoms with Crippen LogP contribution in [0.2, 0.25) is 0 Å².